The molecule has 1 atom stereocenters. The smallest absolute Gasteiger partial charge is 0.246 e. The number of benzene rings is 2. The standard InChI is InChI=1S/C21H20N4O3S2/c1-13-23-24-21(29-13)22-19(26)12-25-16-5-3-4-6-17(16)30-18(11-20(25)27)14-7-9-15(28-2)10-8-14/h3-10,18H,11-12H2,1-2H3,(H,22,24,26). The van der Waals surface area contributed by atoms with Crippen LogP contribution in [0.15, 0.2) is 53.4 Å². The first-order chi connectivity index (χ1) is 14.5. The molecule has 1 unspecified atom stereocenters. The minimum atomic E-state index is -0.304. The van der Waals surface area contributed by atoms with Gasteiger partial charge in [0.05, 0.1) is 12.8 Å². The van der Waals surface area contributed by atoms with E-state index in [4.69, 9.17) is 4.74 Å². The van der Waals surface area contributed by atoms with E-state index in [2.05, 4.69) is 15.5 Å². The Bertz CT molecular complexity index is 1070. The molecule has 154 valence electrons. The third-order valence-corrected chi connectivity index (χ3v) is 6.72. The number of thioether (sulfide) groups is 1. The van der Waals surface area contributed by atoms with Crippen molar-refractivity contribution in [2.75, 3.05) is 23.9 Å². The Morgan fingerprint density at radius 3 is 2.67 bits per heavy atom. The van der Waals surface area contributed by atoms with E-state index in [-0.39, 0.29) is 30.0 Å². The molecule has 0 saturated heterocycles. The summed E-state index contributed by atoms with van der Waals surface area (Å²) in [5.41, 5.74) is 1.78. The van der Waals surface area contributed by atoms with Crippen LogP contribution >= 0.6 is 23.1 Å². The van der Waals surface area contributed by atoms with Gasteiger partial charge in [-0.2, -0.15) is 0 Å². The van der Waals surface area contributed by atoms with Crippen LogP contribution in [0.3, 0.4) is 0 Å². The number of ether oxygens (including phenoxy) is 1. The lowest BCUT2D eigenvalue weighted by atomic mass is 10.1. The van der Waals surface area contributed by atoms with Crippen LogP contribution in [0.2, 0.25) is 0 Å². The fourth-order valence-electron chi connectivity index (χ4n) is 3.21. The molecule has 4 rings (SSSR count). The van der Waals surface area contributed by atoms with Gasteiger partial charge in [0.15, 0.2) is 0 Å². The van der Waals surface area contributed by atoms with Crippen molar-refractivity contribution in [1.29, 1.82) is 0 Å². The Labute approximate surface area is 182 Å². The first-order valence-electron chi connectivity index (χ1n) is 9.33. The van der Waals surface area contributed by atoms with E-state index in [1.807, 2.05) is 55.5 Å². The van der Waals surface area contributed by atoms with Crippen molar-refractivity contribution < 1.29 is 14.3 Å². The maximum atomic E-state index is 13.2. The van der Waals surface area contributed by atoms with Gasteiger partial charge in [0.2, 0.25) is 16.9 Å². The molecule has 2 heterocycles. The lowest BCUT2D eigenvalue weighted by Gasteiger charge is -2.21. The van der Waals surface area contributed by atoms with E-state index >= 15 is 0 Å². The van der Waals surface area contributed by atoms with Crippen LogP contribution in [-0.4, -0.2) is 35.7 Å². The van der Waals surface area contributed by atoms with Crippen LogP contribution in [0.4, 0.5) is 10.8 Å². The average Bonchev–Trinajstić information content (AvgIpc) is 3.10. The number of nitrogens with one attached hydrogen (secondary N) is 1. The number of hydrogen-bond acceptors (Lipinski definition) is 7. The number of carbonyl (C=O) groups is 2. The fraction of sp³-hybridized carbons (Fsp3) is 0.238. The normalized spacial score (nSPS) is 16.0. The van der Waals surface area contributed by atoms with Gasteiger partial charge in [-0.25, -0.2) is 0 Å². The van der Waals surface area contributed by atoms with Gasteiger partial charge in [0.1, 0.15) is 17.3 Å². The summed E-state index contributed by atoms with van der Waals surface area (Å²) in [6, 6.07) is 15.4. The van der Waals surface area contributed by atoms with Crippen LogP contribution in [0.1, 0.15) is 22.2 Å². The van der Waals surface area contributed by atoms with Gasteiger partial charge < -0.3 is 9.64 Å². The first-order valence-corrected chi connectivity index (χ1v) is 11.0. The summed E-state index contributed by atoms with van der Waals surface area (Å²) in [4.78, 5) is 28.3. The highest BCUT2D eigenvalue weighted by molar-refractivity contribution is 7.99. The van der Waals surface area contributed by atoms with Crippen molar-refractivity contribution >= 4 is 45.7 Å². The number of aryl methyl sites for hydroxylation is 1. The molecule has 3 aromatic rings. The molecule has 1 N–H and O–H groups in total. The molecule has 0 fully saturated rings. The number of hydrogen-bond donors (Lipinski definition) is 1. The van der Waals surface area contributed by atoms with Crippen LogP contribution in [-0.2, 0) is 9.59 Å². The minimum absolute atomic E-state index is 0.0524. The number of anilines is 2. The quantitative estimate of drug-likeness (QED) is 0.644. The summed E-state index contributed by atoms with van der Waals surface area (Å²) in [7, 11) is 1.63. The average molecular weight is 441 g/mol. The second kappa shape index (κ2) is 8.85. The van der Waals surface area contributed by atoms with Crippen molar-refractivity contribution in [1.82, 2.24) is 10.2 Å². The van der Waals surface area contributed by atoms with Gasteiger partial charge in [-0.1, -0.05) is 35.6 Å². The highest BCUT2D eigenvalue weighted by Crippen LogP contribution is 2.45. The Hall–Kier alpha value is -2.91. The topological polar surface area (TPSA) is 84.4 Å². The highest BCUT2D eigenvalue weighted by atomic mass is 32.2. The monoisotopic (exact) mass is 440 g/mol. The lowest BCUT2D eigenvalue weighted by molar-refractivity contribution is -0.121. The fourth-order valence-corrected chi connectivity index (χ4v) is 5.09. The molecule has 9 heteroatoms. The maximum absolute atomic E-state index is 13.2. The van der Waals surface area contributed by atoms with Gasteiger partial charge in [-0.05, 0) is 36.8 Å². The molecule has 0 radical (unpaired) electrons. The van der Waals surface area contributed by atoms with Crippen molar-refractivity contribution in [3.8, 4) is 5.75 Å². The number of fused-ring (bicyclic) bond motifs is 1. The number of nitrogens with zero attached hydrogens (tertiary/aromatic N) is 3. The molecule has 0 spiro atoms. The Balaban J connectivity index is 1.57. The molecular weight excluding hydrogens is 420 g/mol. The zero-order valence-electron chi connectivity index (χ0n) is 16.5. The summed E-state index contributed by atoms with van der Waals surface area (Å²) < 4.78 is 5.23. The van der Waals surface area contributed by atoms with Crippen LogP contribution in [0.5, 0.6) is 5.75 Å². The zero-order valence-corrected chi connectivity index (χ0v) is 18.1. The summed E-state index contributed by atoms with van der Waals surface area (Å²) in [5, 5.41) is 11.7. The van der Waals surface area contributed by atoms with Crippen molar-refractivity contribution in [2.45, 2.75) is 23.5 Å². The Morgan fingerprint density at radius 1 is 1.20 bits per heavy atom. The van der Waals surface area contributed by atoms with Crippen molar-refractivity contribution in [3.63, 3.8) is 0 Å². The van der Waals surface area contributed by atoms with Crippen molar-refractivity contribution in [3.05, 3.63) is 59.1 Å². The summed E-state index contributed by atoms with van der Waals surface area (Å²) in [5.74, 6) is 0.369. The lowest BCUT2D eigenvalue weighted by Crippen LogP contribution is -2.38. The van der Waals surface area contributed by atoms with Gasteiger partial charge in [-0.3, -0.25) is 14.9 Å². The van der Waals surface area contributed by atoms with E-state index in [0.717, 1.165) is 26.9 Å². The van der Waals surface area contributed by atoms with E-state index in [9.17, 15) is 9.59 Å². The molecule has 0 aliphatic carbocycles. The van der Waals surface area contributed by atoms with Crippen LogP contribution < -0.4 is 15.0 Å². The second-order valence-electron chi connectivity index (χ2n) is 6.71. The second-order valence-corrected chi connectivity index (χ2v) is 9.13. The number of aromatic nitrogens is 2. The predicted molar refractivity (Wildman–Crippen MR) is 118 cm³/mol. The molecule has 1 aliphatic rings. The molecule has 0 saturated carbocycles. The van der Waals surface area contributed by atoms with Crippen molar-refractivity contribution in [2.24, 2.45) is 0 Å². The number of rotatable bonds is 5. The SMILES string of the molecule is COc1ccc(C2CC(=O)N(CC(=O)Nc3nnc(C)s3)c3ccccc3S2)cc1. The van der Waals surface area contributed by atoms with E-state index in [1.165, 1.54) is 11.3 Å². The molecular formula is C21H20N4O3S2. The molecule has 1 aromatic heterocycles. The summed E-state index contributed by atoms with van der Waals surface area (Å²) >= 11 is 2.93. The molecule has 30 heavy (non-hydrogen) atoms. The summed E-state index contributed by atoms with van der Waals surface area (Å²) in [6.07, 6.45) is 0.289. The molecule has 2 aromatic carbocycles. The minimum Gasteiger partial charge on any atom is -0.497 e. The van der Waals surface area contributed by atoms with E-state index in [1.54, 1.807) is 23.8 Å². The van der Waals surface area contributed by atoms with Gasteiger partial charge >= 0.3 is 0 Å². The number of carbonyl (C=O) groups excluding carboxylic acids is 2. The van der Waals surface area contributed by atoms with Gasteiger partial charge in [0.25, 0.3) is 0 Å². The molecule has 1 aliphatic heterocycles. The Morgan fingerprint density at radius 2 is 1.97 bits per heavy atom. The van der Waals surface area contributed by atoms with Crippen LogP contribution in [0, 0.1) is 6.92 Å². The van der Waals surface area contributed by atoms with Gasteiger partial charge in [0, 0.05) is 16.6 Å². The predicted octanol–water partition coefficient (Wildman–Crippen LogP) is 4.06. The Kier molecular flexibility index (Phi) is 6.01. The third-order valence-electron chi connectivity index (χ3n) is 4.65. The number of amides is 2. The molecule has 2 amide bonds. The zero-order chi connectivity index (χ0) is 21.1. The molecule has 7 nitrogen and oxygen atoms in total. The number of para-hydroxylation sites is 1. The largest absolute Gasteiger partial charge is 0.497 e. The number of methoxy groups -OCH3 is 1. The van der Waals surface area contributed by atoms with Gasteiger partial charge in [-0.15, -0.1) is 22.0 Å². The maximum Gasteiger partial charge on any atom is 0.246 e. The molecule has 0 bridgehead atoms. The third kappa shape index (κ3) is 4.47. The highest BCUT2D eigenvalue weighted by Gasteiger charge is 2.30. The van der Waals surface area contributed by atoms with Crippen LogP contribution in [0.25, 0.3) is 0 Å². The van der Waals surface area contributed by atoms with E-state index in [0.29, 0.717) is 5.13 Å². The summed E-state index contributed by atoms with van der Waals surface area (Å²) in [6.45, 7) is 1.74. The first kappa shape index (κ1) is 20.4. The van der Waals surface area contributed by atoms with E-state index < -0.39 is 0 Å².